The molecule has 3 fully saturated rings. The molecule has 7 heteroatoms. The van der Waals surface area contributed by atoms with E-state index in [1.807, 2.05) is 0 Å². The molecule has 3 saturated heterocycles. The van der Waals surface area contributed by atoms with E-state index in [1.165, 1.54) is 0 Å². The third-order valence-corrected chi connectivity index (χ3v) is 3.31. The summed E-state index contributed by atoms with van der Waals surface area (Å²) in [6.07, 6.45) is -3.69. The Labute approximate surface area is 130 Å². The molecule has 0 aromatic carbocycles. The van der Waals surface area contributed by atoms with Crippen LogP contribution in [-0.4, -0.2) is 48.5 Å². The van der Waals surface area contributed by atoms with E-state index in [4.69, 9.17) is 12.2 Å². The molecular formula is C9H10AcO6. The van der Waals surface area contributed by atoms with Crippen LogP contribution < -0.4 is 0 Å². The van der Waals surface area contributed by atoms with Gasteiger partial charge >= 0.3 is 11.9 Å². The first-order valence-corrected chi connectivity index (χ1v) is 4.59. The molecule has 0 saturated carbocycles. The molecule has 1 radical (unpaired) electrons. The van der Waals surface area contributed by atoms with Gasteiger partial charge in [-0.15, -0.1) is 0 Å². The van der Waals surface area contributed by atoms with Gasteiger partial charge in [0, 0.05) is 51.1 Å². The number of fused-ring (bicyclic) bond motifs is 5. The minimum atomic E-state index is -1.58. The van der Waals surface area contributed by atoms with Crippen molar-refractivity contribution >= 4 is 11.9 Å². The zero-order valence-electron chi connectivity index (χ0n) is 10.1. The van der Waals surface area contributed by atoms with Gasteiger partial charge in [-0.1, -0.05) is 0 Å². The second-order valence-electron chi connectivity index (χ2n) is 3.95. The summed E-state index contributed by atoms with van der Waals surface area (Å²) in [5, 5.41) is 9.84. The van der Waals surface area contributed by atoms with Gasteiger partial charge in [0.15, 0.2) is 0 Å². The topological polar surface area (TPSA) is 82.1 Å². The Bertz CT molecular complexity index is 391. The van der Waals surface area contributed by atoms with Crippen LogP contribution in [0.15, 0.2) is 0 Å². The van der Waals surface area contributed by atoms with E-state index >= 15 is 0 Å². The first kappa shape index (κ1) is 10.4. The van der Waals surface area contributed by atoms with Crippen molar-refractivity contribution in [3.63, 3.8) is 0 Å². The van der Waals surface area contributed by atoms with Gasteiger partial charge < -0.3 is 19.3 Å². The average Bonchev–Trinajstić information content (AvgIpc) is 2.82. The molecule has 3 aliphatic rings. The summed E-state index contributed by atoms with van der Waals surface area (Å²) in [6.45, 7) is 0. The molecule has 16 heavy (non-hydrogen) atoms. The molecule has 7 atom stereocenters. The zero-order valence-corrected chi connectivity index (χ0v) is 12.9. The van der Waals surface area contributed by atoms with E-state index in [-0.39, 0.29) is 44.1 Å². The molecule has 85 valence electrons. The molecule has 3 heterocycles. The Morgan fingerprint density at radius 2 is 2.06 bits per heavy atom. The molecule has 0 spiro atoms. The van der Waals surface area contributed by atoms with Crippen LogP contribution in [0, 0.1) is 55.9 Å². The van der Waals surface area contributed by atoms with Crippen LogP contribution in [0.2, 0.25) is 0 Å². The van der Waals surface area contributed by atoms with Crippen molar-refractivity contribution in [3.8, 4) is 0 Å². The number of hydrogen-bond donors (Lipinski definition) is 1. The fourth-order valence-electron chi connectivity index (χ4n) is 2.67. The number of rotatable bonds is 1. The van der Waals surface area contributed by atoms with Crippen LogP contribution in [0.3, 0.4) is 0 Å². The molecule has 5 unspecified atom stereocenters. The fraction of sp³-hybridized carbons (Fsp3) is 0.778. The summed E-state index contributed by atoms with van der Waals surface area (Å²) >= 11 is 0. The molecule has 2 bridgehead atoms. The minimum absolute atomic E-state index is 0. The number of carbonyl (C=O) groups excluding carboxylic acids is 2. The Balaban J connectivity index is 0.00000120. The van der Waals surface area contributed by atoms with Gasteiger partial charge in [0.25, 0.3) is 0 Å². The number of aliphatic hydroxyl groups excluding tert-OH is 1. The van der Waals surface area contributed by atoms with Crippen LogP contribution in [-0.2, 0) is 23.8 Å². The number of methoxy groups -OCH3 is 1. The van der Waals surface area contributed by atoms with E-state index in [0.29, 0.717) is 0 Å². The van der Waals surface area contributed by atoms with Gasteiger partial charge in [0.2, 0.25) is 0 Å². The standard InChI is InChI=1S/C9H10O6.Ac/c1-13-7-4(10)5-2-3(6(7)14-5)9(12)15-8(2)11;/h2-7,10H,1H3;/t2?,3?,4?,5?,6-,7-;/m0./s1/i1TD;/t1?,2?,3?,4?,5?,6-,7-;. The molecule has 3 aliphatic heterocycles. The third-order valence-electron chi connectivity index (χ3n) is 3.31. The Morgan fingerprint density at radius 1 is 1.44 bits per heavy atom. The molecule has 0 aliphatic carbocycles. The Morgan fingerprint density at radius 3 is 2.69 bits per heavy atom. The fourth-order valence-corrected chi connectivity index (χ4v) is 2.67. The second-order valence-corrected chi connectivity index (χ2v) is 3.95. The summed E-state index contributed by atoms with van der Waals surface area (Å²) in [7, 11) is -1.58. The van der Waals surface area contributed by atoms with E-state index in [2.05, 4.69) is 4.74 Å². The van der Waals surface area contributed by atoms with Gasteiger partial charge in [0.05, 0.1) is 2.74 Å². The molecule has 0 aromatic heterocycles. The smallest absolute Gasteiger partial charge is 0.320 e. The van der Waals surface area contributed by atoms with E-state index < -0.39 is 55.3 Å². The number of carbonyl (C=O) groups is 2. The van der Waals surface area contributed by atoms with Gasteiger partial charge in [-0.3, -0.25) is 9.59 Å². The van der Waals surface area contributed by atoms with Crippen molar-refractivity contribution in [2.75, 3.05) is 7.06 Å². The summed E-state index contributed by atoms with van der Waals surface area (Å²) in [5.74, 6) is -2.92. The predicted molar refractivity (Wildman–Crippen MR) is 43.5 cm³/mol. The zero-order chi connectivity index (χ0) is 12.3. The second kappa shape index (κ2) is 4.29. The van der Waals surface area contributed by atoms with Crippen molar-refractivity contribution in [3.05, 3.63) is 0 Å². The quantitative estimate of drug-likeness (QED) is 0.390. The van der Waals surface area contributed by atoms with Gasteiger partial charge in [-0.05, 0) is 0 Å². The van der Waals surface area contributed by atoms with Gasteiger partial charge in [-0.2, -0.15) is 0 Å². The van der Waals surface area contributed by atoms with Crippen LogP contribution in [0.4, 0.5) is 0 Å². The number of aliphatic hydroxyl groups is 1. The van der Waals surface area contributed by atoms with Crippen LogP contribution in [0.5, 0.6) is 0 Å². The normalized spacial score (nSPS) is 52.6. The SMILES string of the molecule is [2H]C([3H])O[C@H]1C(O)C2O[C@H]1C1C(=O)OC(=O)C21.[Ac]. The summed E-state index contributed by atoms with van der Waals surface area (Å²) < 4.78 is 28.7. The van der Waals surface area contributed by atoms with Crippen molar-refractivity contribution in [1.29, 1.82) is 0 Å². The van der Waals surface area contributed by atoms with Crippen LogP contribution in [0.25, 0.3) is 0 Å². The largest absolute Gasteiger partial charge is 0.393 e. The average molecular weight is 444 g/mol. The molecule has 1 N–H and O–H groups in total. The van der Waals surface area contributed by atoms with Crippen molar-refractivity contribution in [2.45, 2.75) is 24.4 Å². The van der Waals surface area contributed by atoms with E-state index in [0.717, 1.165) is 0 Å². The Hall–Kier alpha value is 0.462. The number of ether oxygens (including phenoxy) is 3. The number of esters is 2. The van der Waals surface area contributed by atoms with E-state index in [9.17, 15) is 14.7 Å². The van der Waals surface area contributed by atoms with Gasteiger partial charge in [-0.25, -0.2) is 0 Å². The summed E-state index contributed by atoms with van der Waals surface area (Å²) in [4.78, 5) is 22.8. The third kappa shape index (κ3) is 1.45. The monoisotopic (exact) mass is 444 g/mol. The van der Waals surface area contributed by atoms with Crippen LogP contribution in [0.1, 0.15) is 2.74 Å². The van der Waals surface area contributed by atoms with Crippen LogP contribution >= 0.6 is 0 Å². The maximum Gasteiger partial charge on any atom is 0.320 e. The molecule has 6 nitrogen and oxygen atoms in total. The van der Waals surface area contributed by atoms with E-state index in [1.54, 1.807) is 0 Å². The number of cyclic esters (lactones) is 2. The maximum absolute atomic E-state index is 11.4. The predicted octanol–water partition coefficient (Wildman–Crippen LogP) is -1.54. The number of hydrogen-bond acceptors (Lipinski definition) is 6. The minimum Gasteiger partial charge on any atom is -0.393 e. The molecule has 3 rings (SSSR count). The summed E-state index contributed by atoms with van der Waals surface area (Å²) in [6, 6.07) is 0. The molecule has 0 amide bonds. The first-order chi connectivity index (χ1) is 8.00. The van der Waals surface area contributed by atoms with Crippen molar-refractivity contribution < 1.29 is 75.7 Å². The first-order valence-electron chi connectivity index (χ1n) is 5.75. The van der Waals surface area contributed by atoms with Crippen molar-refractivity contribution in [2.24, 2.45) is 11.8 Å². The molecule has 0 aromatic rings. The van der Waals surface area contributed by atoms with Crippen molar-refractivity contribution in [1.82, 2.24) is 0 Å². The maximum atomic E-state index is 11.4. The van der Waals surface area contributed by atoms with Gasteiger partial charge in [0.1, 0.15) is 36.3 Å². The summed E-state index contributed by atoms with van der Waals surface area (Å²) in [5.41, 5.74) is 0. The molecular weight excluding hydrogens is 431 g/mol. The Kier molecular flexibility index (Phi) is 2.78.